The van der Waals surface area contributed by atoms with E-state index in [4.69, 9.17) is 11.6 Å². The molecule has 0 saturated carbocycles. The monoisotopic (exact) mass is 426 g/mol. The summed E-state index contributed by atoms with van der Waals surface area (Å²) in [6.07, 6.45) is 2.64. The average Bonchev–Trinajstić information content (AvgIpc) is 3.01. The fraction of sp³-hybridized carbons (Fsp3) is 0.235. The first-order valence-electron chi connectivity index (χ1n) is 7.91. The van der Waals surface area contributed by atoms with Crippen molar-refractivity contribution >= 4 is 37.9 Å². The fourth-order valence-corrected chi connectivity index (χ4v) is 3.97. The maximum absolute atomic E-state index is 13.4. The number of anilines is 1. The van der Waals surface area contributed by atoms with Gasteiger partial charge in [0.05, 0.1) is 21.3 Å². The van der Waals surface area contributed by atoms with Crippen LogP contribution >= 0.6 is 22.9 Å². The molecular formula is C17H16ClFN4O2S2. The Morgan fingerprint density at radius 2 is 1.89 bits per heavy atom. The molecule has 0 aliphatic heterocycles. The predicted octanol–water partition coefficient (Wildman–Crippen LogP) is 4.28. The van der Waals surface area contributed by atoms with Crippen LogP contribution in [0.3, 0.4) is 0 Å². The molecule has 0 unspecified atom stereocenters. The van der Waals surface area contributed by atoms with Crippen LogP contribution in [0, 0.1) is 5.82 Å². The van der Waals surface area contributed by atoms with Gasteiger partial charge in [0.25, 0.3) is 0 Å². The molecular weight excluding hydrogens is 411 g/mol. The predicted molar refractivity (Wildman–Crippen MR) is 105 cm³/mol. The third-order valence-electron chi connectivity index (χ3n) is 3.41. The highest BCUT2D eigenvalue weighted by Crippen LogP contribution is 2.33. The average molecular weight is 427 g/mol. The van der Waals surface area contributed by atoms with Crippen LogP contribution in [0.2, 0.25) is 5.02 Å². The maximum Gasteiger partial charge on any atom is 0.247 e. The number of benzene rings is 1. The van der Waals surface area contributed by atoms with E-state index in [1.165, 1.54) is 23.5 Å². The molecule has 0 spiro atoms. The molecule has 1 N–H and O–H groups in total. The second kappa shape index (κ2) is 7.49. The van der Waals surface area contributed by atoms with Crippen molar-refractivity contribution in [1.29, 1.82) is 0 Å². The molecule has 27 heavy (non-hydrogen) atoms. The van der Waals surface area contributed by atoms with E-state index < -0.39 is 15.7 Å². The number of thiazole rings is 1. The Labute approximate surface area is 165 Å². The number of hydrogen-bond donors (Lipinski definition) is 1. The molecule has 0 aliphatic carbocycles. The van der Waals surface area contributed by atoms with E-state index in [0.717, 1.165) is 12.3 Å². The molecule has 3 aromatic rings. The summed E-state index contributed by atoms with van der Waals surface area (Å²) in [4.78, 5) is 13.2. The lowest BCUT2D eigenvalue weighted by Crippen LogP contribution is -2.08. The summed E-state index contributed by atoms with van der Waals surface area (Å²) < 4.78 is 37.5. The quantitative estimate of drug-likeness (QED) is 0.613. The first-order chi connectivity index (χ1) is 12.6. The van der Waals surface area contributed by atoms with Gasteiger partial charge >= 0.3 is 0 Å². The first kappa shape index (κ1) is 19.7. The van der Waals surface area contributed by atoms with E-state index in [0.29, 0.717) is 21.3 Å². The Bertz CT molecular complexity index is 1100. The second-order valence-electron chi connectivity index (χ2n) is 6.15. The summed E-state index contributed by atoms with van der Waals surface area (Å²) in [6.45, 7) is 3.98. The molecule has 0 radical (unpaired) electrons. The molecule has 142 valence electrons. The Kier molecular flexibility index (Phi) is 5.45. The van der Waals surface area contributed by atoms with E-state index in [2.05, 4.69) is 20.3 Å². The van der Waals surface area contributed by atoms with Gasteiger partial charge in [-0.05, 0) is 38.1 Å². The van der Waals surface area contributed by atoms with Crippen molar-refractivity contribution in [3.8, 4) is 21.8 Å². The highest BCUT2D eigenvalue weighted by molar-refractivity contribution is 7.90. The van der Waals surface area contributed by atoms with Gasteiger partial charge in [-0.3, -0.25) is 0 Å². The molecule has 0 saturated heterocycles. The van der Waals surface area contributed by atoms with Crippen LogP contribution in [0.5, 0.6) is 0 Å². The molecule has 3 rings (SSSR count). The minimum absolute atomic E-state index is 0.130. The van der Waals surface area contributed by atoms with E-state index in [9.17, 15) is 12.8 Å². The van der Waals surface area contributed by atoms with Crippen molar-refractivity contribution in [3.05, 3.63) is 41.3 Å². The minimum Gasteiger partial charge on any atom is -0.359 e. The van der Waals surface area contributed by atoms with Crippen molar-refractivity contribution in [3.63, 3.8) is 0 Å². The van der Waals surface area contributed by atoms with Crippen molar-refractivity contribution in [2.75, 3.05) is 11.6 Å². The number of nitrogens with zero attached hydrogens (tertiary/aromatic N) is 3. The molecule has 0 aliphatic rings. The number of sulfone groups is 1. The van der Waals surface area contributed by atoms with Gasteiger partial charge in [-0.2, -0.15) is 0 Å². The van der Waals surface area contributed by atoms with Crippen LogP contribution < -0.4 is 5.32 Å². The summed E-state index contributed by atoms with van der Waals surface area (Å²) in [5, 5.41) is 3.68. The lowest BCUT2D eigenvalue weighted by molar-refractivity contribution is 0.593. The number of halogens is 2. The highest BCUT2D eigenvalue weighted by atomic mass is 35.5. The van der Waals surface area contributed by atoms with Crippen LogP contribution in [0.25, 0.3) is 21.8 Å². The number of rotatable bonds is 5. The van der Waals surface area contributed by atoms with Crippen LogP contribution in [-0.4, -0.2) is 35.7 Å². The molecule has 2 heterocycles. The van der Waals surface area contributed by atoms with Crippen LogP contribution in [0.4, 0.5) is 9.52 Å². The number of aromatic nitrogens is 3. The largest absolute Gasteiger partial charge is 0.359 e. The Balaban J connectivity index is 2.15. The lowest BCUT2D eigenvalue weighted by Gasteiger charge is -2.08. The fourth-order valence-electron chi connectivity index (χ4n) is 2.26. The Morgan fingerprint density at radius 1 is 1.19 bits per heavy atom. The smallest absolute Gasteiger partial charge is 0.247 e. The Hall–Kier alpha value is -2.10. The summed E-state index contributed by atoms with van der Waals surface area (Å²) >= 11 is 7.46. The van der Waals surface area contributed by atoms with Crippen LogP contribution in [0.15, 0.2) is 35.6 Å². The van der Waals surface area contributed by atoms with Gasteiger partial charge in [-0.1, -0.05) is 22.9 Å². The molecule has 0 amide bonds. The second-order valence-corrected chi connectivity index (χ2v) is 9.49. The number of nitrogens with one attached hydrogen (secondary N) is 1. The highest BCUT2D eigenvalue weighted by Gasteiger charge is 2.18. The molecule has 1 aromatic carbocycles. The van der Waals surface area contributed by atoms with E-state index >= 15 is 0 Å². The summed E-state index contributed by atoms with van der Waals surface area (Å²) in [5.41, 5.74) is 1.10. The summed E-state index contributed by atoms with van der Waals surface area (Å²) in [5.74, 6) is -0.492. The van der Waals surface area contributed by atoms with E-state index in [-0.39, 0.29) is 21.9 Å². The lowest BCUT2D eigenvalue weighted by atomic mass is 10.1. The van der Waals surface area contributed by atoms with E-state index in [1.807, 2.05) is 13.8 Å². The molecule has 6 nitrogen and oxygen atoms in total. The zero-order valence-electron chi connectivity index (χ0n) is 14.7. The van der Waals surface area contributed by atoms with Crippen molar-refractivity contribution in [1.82, 2.24) is 15.0 Å². The molecule has 0 atom stereocenters. The minimum atomic E-state index is -3.67. The normalized spacial score (nSPS) is 11.8. The SMILES string of the molecule is CC(C)Nc1ncc(-c2cc(-c3ccc(F)cc3Cl)nc(S(C)(=O)=O)n2)s1. The maximum atomic E-state index is 13.4. The number of hydrogen-bond acceptors (Lipinski definition) is 7. The van der Waals surface area contributed by atoms with Gasteiger partial charge in [-0.15, -0.1) is 0 Å². The zero-order valence-corrected chi connectivity index (χ0v) is 17.1. The zero-order chi connectivity index (χ0) is 19.8. The van der Waals surface area contributed by atoms with Crippen molar-refractivity contribution < 1.29 is 12.8 Å². The third kappa shape index (κ3) is 4.60. The first-order valence-corrected chi connectivity index (χ1v) is 11.0. The van der Waals surface area contributed by atoms with E-state index in [1.54, 1.807) is 12.3 Å². The Morgan fingerprint density at radius 3 is 2.52 bits per heavy atom. The summed E-state index contributed by atoms with van der Waals surface area (Å²) in [6, 6.07) is 5.65. The van der Waals surface area contributed by atoms with Crippen molar-refractivity contribution in [2.45, 2.75) is 25.0 Å². The standard InChI is InChI=1S/C17H16ClFN4O2S2/c1-9(2)21-16-20-8-15(26-16)14-7-13(22-17(23-14)27(3,24)25)11-5-4-10(19)6-12(11)18/h4-9H,1-3H3,(H,20,21). The third-order valence-corrected chi connectivity index (χ3v) is 5.52. The van der Waals surface area contributed by atoms with Gasteiger partial charge in [-0.25, -0.2) is 27.8 Å². The van der Waals surface area contributed by atoms with Crippen LogP contribution in [0.1, 0.15) is 13.8 Å². The molecule has 0 fully saturated rings. The molecule has 0 bridgehead atoms. The summed E-state index contributed by atoms with van der Waals surface area (Å²) in [7, 11) is -3.67. The van der Waals surface area contributed by atoms with Crippen molar-refractivity contribution in [2.24, 2.45) is 0 Å². The van der Waals surface area contributed by atoms with Crippen LogP contribution in [-0.2, 0) is 9.84 Å². The topological polar surface area (TPSA) is 84.8 Å². The van der Waals surface area contributed by atoms with Gasteiger partial charge in [0, 0.05) is 24.1 Å². The molecule has 2 aromatic heterocycles. The van der Waals surface area contributed by atoms with Gasteiger partial charge in [0.1, 0.15) is 5.82 Å². The van der Waals surface area contributed by atoms with Gasteiger partial charge in [0.2, 0.25) is 15.0 Å². The van der Waals surface area contributed by atoms with Gasteiger partial charge in [0.15, 0.2) is 5.13 Å². The molecule has 10 heteroatoms. The van der Waals surface area contributed by atoms with Gasteiger partial charge < -0.3 is 5.32 Å².